The van der Waals surface area contributed by atoms with Crippen LogP contribution in [0.4, 0.5) is 8.78 Å². The number of nitrogens with zero attached hydrogens (tertiary/aromatic N) is 1. The van der Waals surface area contributed by atoms with Gasteiger partial charge in [0.1, 0.15) is 0 Å². The van der Waals surface area contributed by atoms with Gasteiger partial charge in [0.15, 0.2) is 11.6 Å². The van der Waals surface area contributed by atoms with E-state index in [2.05, 4.69) is 17.2 Å². The molecule has 0 spiro atoms. The van der Waals surface area contributed by atoms with Crippen molar-refractivity contribution < 1.29 is 8.78 Å². The largest absolute Gasteiger partial charge is 0.306 e. The lowest BCUT2D eigenvalue weighted by atomic mass is 9.99. The highest BCUT2D eigenvalue weighted by Gasteiger charge is 2.15. The van der Waals surface area contributed by atoms with Crippen molar-refractivity contribution >= 4 is 0 Å². The predicted molar refractivity (Wildman–Crippen MR) is 70.7 cm³/mol. The highest BCUT2D eigenvalue weighted by atomic mass is 19.2. The highest BCUT2D eigenvalue weighted by molar-refractivity contribution is 5.31. The van der Waals surface area contributed by atoms with Crippen molar-refractivity contribution in [2.45, 2.75) is 19.4 Å². The second-order valence-electron chi connectivity index (χ2n) is 4.34. The third kappa shape index (κ3) is 3.35. The first kappa shape index (κ1) is 13.6. The maximum atomic E-state index is 13.4. The Kier molecular flexibility index (Phi) is 4.58. The quantitative estimate of drug-likeness (QED) is 0.892. The second kappa shape index (κ2) is 6.38. The minimum Gasteiger partial charge on any atom is -0.306 e. The third-order valence-corrected chi connectivity index (χ3v) is 2.91. The molecule has 100 valence electrons. The first-order valence-electron chi connectivity index (χ1n) is 6.30. The van der Waals surface area contributed by atoms with Gasteiger partial charge in [0.25, 0.3) is 0 Å². The van der Waals surface area contributed by atoms with E-state index in [1.54, 1.807) is 18.5 Å². The number of hydrogen-bond donors (Lipinski definition) is 1. The van der Waals surface area contributed by atoms with Crippen LogP contribution in [0.15, 0.2) is 42.7 Å². The van der Waals surface area contributed by atoms with E-state index in [4.69, 9.17) is 0 Å². The molecule has 2 aromatic rings. The third-order valence-electron chi connectivity index (χ3n) is 2.91. The van der Waals surface area contributed by atoms with Crippen LogP contribution < -0.4 is 5.32 Å². The van der Waals surface area contributed by atoms with E-state index in [1.807, 2.05) is 12.1 Å². The molecule has 0 radical (unpaired) electrons. The van der Waals surface area contributed by atoms with Crippen molar-refractivity contribution in [3.8, 4) is 0 Å². The van der Waals surface area contributed by atoms with Crippen LogP contribution in [0, 0.1) is 11.6 Å². The lowest BCUT2D eigenvalue weighted by Gasteiger charge is -2.19. The van der Waals surface area contributed by atoms with E-state index in [0.29, 0.717) is 5.56 Å². The summed E-state index contributed by atoms with van der Waals surface area (Å²) in [4.78, 5) is 3.97. The average Bonchev–Trinajstić information content (AvgIpc) is 2.44. The summed E-state index contributed by atoms with van der Waals surface area (Å²) < 4.78 is 26.4. The zero-order valence-electron chi connectivity index (χ0n) is 10.7. The first-order valence-corrected chi connectivity index (χ1v) is 6.30. The van der Waals surface area contributed by atoms with Crippen LogP contribution in [-0.4, -0.2) is 11.5 Å². The standard InChI is InChI=1S/C15H16F2N2/c1-2-7-19-15(11-5-8-18-9-6-11)12-3-4-13(16)14(17)10-12/h3-6,8-10,15,19H,2,7H2,1H3. The predicted octanol–water partition coefficient (Wildman–Crippen LogP) is 3.45. The van der Waals surface area contributed by atoms with Crippen molar-refractivity contribution in [2.75, 3.05) is 6.54 Å². The fourth-order valence-electron chi connectivity index (χ4n) is 1.96. The summed E-state index contributed by atoms with van der Waals surface area (Å²) in [6.07, 6.45) is 4.34. The van der Waals surface area contributed by atoms with Gasteiger partial charge in [-0.3, -0.25) is 4.98 Å². The SMILES string of the molecule is CCCNC(c1ccncc1)c1ccc(F)c(F)c1. The average molecular weight is 262 g/mol. The topological polar surface area (TPSA) is 24.9 Å². The van der Waals surface area contributed by atoms with Crippen LogP contribution in [0.5, 0.6) is 0 Å². The molecule has 0 saturated carbocycles. The molecular formula is C15H16F2N2. The minimum absolute atomic E-state index is 0.155. The van der Waals surface area contributed by atoms with Crippen LogP contribution >= 0.6 is 0 Å². The van der Waals surface area contributed by atoms with Gasteiger partial charge in [0.05, 0.1) is 6.04 Å². The normalized spacial score (nSPS) is 12.4. The number of rotatable bonds is 5. The van der Waals surface area contributed by atoms with Crippen LogP contribution in [-0.2, 0) is 0 Å². The maximum absolute atomic E-state index is 13.4. The van der Waals surface area contributed by atoms with Crippen LogP contribution in [0.2, 0.25) is 0 Å². The van der Waals surface area contributed by atoms with Crippen molar-refractivity contribution in [3.05, 3.63) is 65.5 Å². The molecule has 0 saturated heterocycles. The zero-order valence-corrected chi connectivity index (χ0v) is 10.7. The van der Waals surface area contributed by atoms with Gasteiger partial charge < -0.3 is 5.32 Å². The molecule has 2 nitrogen and oxygen atoms in total. The van der Waals surface area contributed by atoms with E-state index in [0.717, 1.165) is 24.6 Å². The summed E-state index contributed by atoms with van der Waals surface area (Å²) in [5.41, 5.74) is 1.69. The fourth-order valence-corrected chi connectivity index (χ4v) is 1.96. The Hall–Kier alpha value is -1.81. The van der Waals surface area contributed by atoms with Crippen molar-refractivity contribution in [3.63, 3.8) is 0 Å². The molecule has 0 aliphatic rings. The summed E-state index contributed by atoms with van der Waals surface area (Å²) in [6.45, 7) is 2.85. The van der Waals surface area contributed by atoms with Gasteiger partial charge in [-0.25, -0.2) is 8.78 Å². The van der Waals surface area contributed by atoms with E-state index < -0.39 is 11.6 Å². The van der Waals surface area contributed by atoms with Gasteiger partial charge in [-0.05, 0) is 48.4 Å². The van der Waals surface area contributed by atoms with Crippen LogP contribution in [0.25, 0.3) is 0 Å². The lowest BCUT2D eigenvalue weighted by molar-refractivity contribution is 0.503. The molecule has 2 rings (SSSR count). The lowest BCUT2D eigenvalue weighted by Crippen LogP contribution is -2.23. The van der Waals surface area contributed by atoms with Crippen molar-refractivity contribution in [1.29, 1.82) is 0 Å². The van der Waals surface area contributed by atoms with Gasteiger partial charge in [0, 0.05) is 12.4 Å². The molecule has 4 heteroatoms. The van der Waals surface area contributed by atoms with Gasteiger partial charge in [-0.2, -0.15) is 0 Å². The Balaban J connectivity index is 2.34. The molecule has 0 fully saturated rings. The maximum Gasteiger partial charge on any atom is 0.159 e. The number of nitrogens with one attached hydrogen (secondary N) is 1. The number of pyridine rings is 1. The smallest absolute Gasteiger partial charge is 0.159 e. The van der Waals surface area contributed by atoms with Gasteiger partial charge in [-0.1, -0.05) is 13.0 Å². The molecule has 0 bridgehead atoms. The van der Waals surface area contributed by atoms with Gasteiger partial charge in [-0.15, -0.1) is 0 Å². The van der Waals surface area contributed by atoms with E-state index in [-0.39, 0.29) is 6.04 Å². The summed E-state index contributed by atoms with van der Waals surface area (Å²) in [5, 5.41) is 3.33. The summed E-state index contributed by atoms with van der Waals surface area (Å²) >= 11 is 0. The molecule has 0 aliphatic heterocycles. The summed E-state index contributed by atoms with van der Waals surface area (Å²) in [6, 6.07) is 7.59. The second-order valence-corrected chi connectivity index (χ2v) is 4.34. The first-order chi connectivity index (χ1) is 9.22. The van der Waals surface area contributed by atoms with E-state index >= 15 is 0 Å². The van der Waals surface area contributed by atoms with E-state index in [9.17, 15) is 8.78 Å². The number of aromatic nitrogens is 1. The number of hydrogen-bond acceptors (Lipinski definition) is 2. The Morgan fingerprint density at radius 2 is 1.79 bits per heavy atom. The molecule has 1 aromatic heterocycles. The van der Waals surface area contributed by atoms with Crippen LogP contribution in [0.1, 0.15) is 30.5 Å². The molecule has 1 atom stereocenters. The van der Waals surface area contributed by atoms with E-state index in [1.165, 1.54) is 6.07 Å². The Morgan fingerprint density at radius 1 is 1.05 bits per heavy atom. The molecule has 1 N–H and O–H groups in total. The summed E-state index contributed by atoms with van der Waals surface area (Å²) in [5.74, 6) is -1.65. The fraction of sp³-hybridized carbons (Fsp3) is 0.267. The summed E-state index contributed by atoms with van der Waals surface area (Å²) in [7, 11) is 0. The Labute approximate surface area is 111 Å². The zero-order chi connectivity index (χ0) is 13.7. The Bertz CT molecular complexity index is 529. The van der Waals surface area contributed by atoms with Crippen molar-refractivity contribution in [2.24, 2.45) is 0 Å². The minimum atomic E-state index is -0.826. The van der Waals surface area contributed by atoms with Gasteiger partial charge in [0.2, 0.25) is 0 Å². The van der Waals surface area contributed by atoms with Gasteiger partial charge >= 0.3 is 0 Å². The van der Waals surface area contributed by atoms with Crippen LogP contribution in [0.3, 0.4) is 0 Å². The number of benzene rings is 1. The van der Waals surface area contributed by atoms with Crippen molar-refractivity contribution in [1.82, 2.24) is 10.3 Å². The Morgan fingerprint density at radius 3 is 2.42 bits per heavy atom. The molecule has 19 heavy (non-hydrogen) atoms. The highest BCUT2D eigenvalue weighted by Crippen LogP contribution is 2.23. The number of halogens is 2. The molecular weight excluding hydrogens is 246 g/mol. The molecule has 0 amide bonds. The molecule has 0 aliphatic carbocycles. The molecule has 1 heterocycles. The monoisotopic (exact) mass is 262 g/mol. The molecule has 1 aromatic carbocycles. The molecule has 1 unspecified atom stereocenters.